The zero-order valence-corrected chi connectivity index (χ0v) is 11.8. The van der Waals surface area contributed by atoms with Crippen LogP contribution in [0.2, 0.25) is 0 Å². The van der Waals surface area contributed by atoms with Crippen LogP contribution in [0.15, 0.2) is 29.2 Å². The second-order valence-electron chi connectivity index (χ2n) is 4.80. The first kappa shape index (κ1) is 15.8. The maximum atomic E-state index is 12.9. The fourth-order valence-electron chi connectivity index (χ4n) is 2.40. The molecular weight excluding hydrogens is 305 g/mol. The minimum absolute atomic E-state index is 0.00601. The minimum atomic E-state index is -4.58. The molecule has 0 saturated carbocycles. The summed E-state index contributed by atoms with van der Waals surface area (Å²) >= 11 is 0. The Labute approximate surface area is 120 Å². The topological polar surface area (TPSA) is 61.2 Å². The van der Waals surface area contributed by atoms with E-state index in [0.29, 0.717) is 9.87 Å². The first-order chi connectivity index (χ1) is 9.76. The molecule has 114 valence electrons. The molecule has 1 unspecified atom stereocenters. The summed E-state index contributed by atoms with van der Waals surface area (Å²) in [4.78, 5) is -0.202. The van der Waals surface area contributed by atoms with Crippen molar-refractivity contribution in [1.82, 2.24) is 4.31 Å². The lowest BCUT2D eigenvalue weighted by Crippen LogP contribution is -2.44. The molecule has 8 heteroatoms. The van der Waals surface area contributed by atoms with Gasteiger partial charge in [-0.2, -0.15) is 22.7 Å². The van der Waals surface area contributed by atoms with Gasteiger partial charge in [-0.15, -0.1) is 0 Å². The van der Waals surface area contributed by atoms with Crippen LogP contribution in [-0.2, 0) is 16.4 Å². The van der Waals surface area contributed by atoms with Crippen molar-refractivity contribution >= 4 is 10.0 Å². The molecule has 21 heavy (non-hydrogen) atoms. The lowest BCUT2D eigenvalue weighted by molar-refractivity contribution is -0.165. The van der Waals surface area contributed by atoms with Gasteiger partial charge >= 0.3 is 6.18 Å². The molecule has 1 aromatic rings. The van der Waals surface area contributed by atoms with Crippen molar-refractivity contribution in [2.24, 2.45) is 0 Å². The zero-order chi connectivity index (χ0) is 15.7. The monoisotopic (exact) mass is 318 g/mol. The molecule has 0 amide bonds. The first-order valence-electron chi connectivity index (χ1n) is 6.31. The summed E-state index contributed by atoms with van der Waals surface area (Å²) in [6, 6.07) is 5.40. The summed E-state index contributed by atoms with van der Waals surface area (Å²) in [5.74, 6) is 0. The van der Waals surface area contributed by atoms with Crippen LogP contribution in [0.5, 0.6) is 0 Å². The number of benzene rings is 1. The maximum absolute atomic E-state index is 12.9. The lowest BCUT2D eigenvalue weighted by atomic mass is 10.2. The van der Waals surface area contributed by atoms with E-state index in [0.717, 1.165) is 0 Å². The van der Waals surface area contributed by atoms with Gasteiger partial charge in [-0.3, -0.25) is 0 Å². The van der Waals surface area contributed by atoms with Crippen molar-refractivity contribution in [1.29, 1.82) is 5.26 Å². The second kappa shape index (κ2) is 5.66. The van der Waals surface area contributed by atoms with Crippen molar-refractivity contribution < 1.29 is 21.6 Å². The molecule has 1 heterocycles. The number of nitriles is 1. The van der Waals surface area contributed by atoms with Gasteiger partial charge in [-0.25, -0.2) is 8.42 Å². The predicted molar refractivity (Wildman–Crippen MR) is 68.7 cm³/mol. The summed E-state index contributed by atoms with van der Waals surface area (Å²) in [5.41, 5.74) is 0.460. The maximum Gasteiger partial charge on any atom is 0.405 e. The molecule has 1 fully saturated rings. The smallest absolute Gasteiger partial charge is 0.207 e. The van der Waals surface area contributed by atoms with Crippen LogP contribution in [-0.4, -0.2) is 31.5 Å². The van der Waals surface area contributed by atoms with E-state index in [1.54, 1.807) is 6.07 Å². The number of hydrogen-bond acceptors (Lipinski definition) is 3. The van der Waals surface area contributed by atoms with E-state index in [-0.39, 0.29) is 30.7 Å². The van der Waals surface area contributed by atoms with Crippen molar-refractivity contribution in [3.05, 3.63) is 29.8 Å². The lowest BCUT2D eigenvalue weighted by Gasteiger charge is -2.26. The largest absolute Gasteiger partial charge is 0.405 e. The van der Waals surface area contributed by atoms with Crippen LogP contribution in [0.4, 0.5) is 13.2 Å². The Hall–Kier alpha value is -1.59. The second-order valence-corrected chi connectivity index (χ2v) is 6.69. The predicted octanol–water partition coefficient (Wildman–Crippen LogP) is 2.47. The van der Waals surface area contributed by atoms with Crippen LogP contribution in [0, 0.1) is 11.3 Å². The van der Waals surface area contributed by atoms with Gasteiger partial charge in [-0.05, 0) is 30.5 Å². The highest BCUT2D eigenvalue weighted by Crippen LogP contribution is 2.36. The molecule has 4 nitrogen and oxygen atoms in total. The molecule has 0 N–H and O–H groups in total. The van der Waals surface area contributed by atoms with Crippen LogP contribution >= 0.6 is 0 Å². The Bertz CT molecular complexity index is 665. The van der Waals surface area contributed by atoms with Crippen molar-refractivity contribution in [2.45, 2.75) is 36.4 Å². The van der Waals surface area contributed by atoms with Gasteiger partial charge in [-0.1, -0.05) is 12.1 Å². The molecular formula is C13H13F3N2O2S. The molecule has 0 aliphatic carbocycles. The van der Waals surface area contributed by atoms with Crippen molar-refractivity contribution in [3.63, 3.8) is 0 Å². The quantitative estimate of drug-likeness (QED) is 0.860. The summed E-state index contributed by atoms with van der Waals surface area (Å²) < 4.78 is 64.0. The minimum Gasteiger partial charge on any atom is -0.207 e. The molecule has 2 rings (SSSR count). The van der Waals surface area contributed by atoms with Crippen LogP contribution in [0.3, 0.4) is 0 Å². The van der Waals surface area contributed by atoms with E-state index in [2.05, 4.69) is 0 Å². The molecule has 0 aromatic heterocycles. The highest BCUT2D eigenvalue weighted by Gasteiger charge is 2.50. The Morgan fingerprint density at radius 3 is 2.71 bits per heavy atom. The van der Waals surface area contributed by atoms with E-state index in [9.17, 15) is 21.6 Å². The van der Waals surface area contributed by atoms with Crippen LogP contribution < -0.4 is 0 Å². The van der Waals surface area contributed by atoms with E-state index < -0.39 is 22.2 Å². The number of rotatable bonds is 3. The highest BCUT2D eigenvalue weighted by atomic mass is 32.2. The molecule has 1 atom stereocenters. The fourth-order valence-corrected chi connectivity index (χ4v) is 4.15. The third kappa shape index (κ3) is 3.19. The zero-order valence-electron chi connectivity index (χ0n) is 11.0. The van der Waals surface area contributed by atoms with Crippen molar-refractivity contribution in [3.8, 4) is 6.07 Å². The number of hydrogen-bond donors (Lipinski definition) is 0. The first-order valence-corrected chi connectivity index (χ1v) is 7.75. The summed E-state index contributed by atoms with van der Waals surface area (Å²) in [6.07, 6.45) is -4.61. The Kier molecular flexibility index (Phi) is 4.25. The van der Waals surface area contributed by atoms with E-state index >= 15 is 0 Å². The Morgan fingerprint density at radius 2 is 2.10 bits per heavy atom. The van der Waals surface area contributed by atoms with Gasteiger partial charge in [0.2, 0.25) is 10.0 Å². The van der Waals surface area contributed by atoms with Gasteiger partial charge in [0.1, 0.15) is 6.04 Å². The average molecular weight is 318 g/mol. The van der Waals surface area contributed by atoms with Crippen LogP contribution in [0.1, 0.15) is 18.4 Å². The molecule has 0 bridgehead atoms. The standard InChI is InChI=1S/C13H13F3N2O2S/c14-13(15,16)12-5-2-8-18(12)21(19,20)11-4-1-3-10(9-11)6-7-17/h1,3-4,9,12H,2,5-6,8H2. The SMILES string of the molecule is N#CCc1cccc(S(=O)(=O)N2CCCC2C(F)(F)F)c1. The third-order valence-corrected chi connectivity index (χ3v) is 5.27. The molecule has 1 aliphatic rings. The average Bonchev–Trinajstić information content (AvgIpc) is 2.89. The highest BCUT2D eigenvalue weighted by molar-refractivity contribution is 7.89. The van der Waals surface area contributed by atoms with Gasteiger partial charge in [0.25, 0.3) is 0 Å². The number of halogens is 3. The van der Waals surface area contributed by atoms with Gasteiger partial charge < -0.3 is 0 Å². The fraction of sp³-hybridized carbons (Fsp3) is 0.462. The molecule has 0 spiro atoms. The van der Waals surface area contributed by atoms with Gasteiger partial charge in [0.05, 0.1) is 17.4 Å². The van der Waals surface area contributed by atoms with Crippen LogP contribution in [0.25, 0.3) is 0 Å². The molecule has 1 saturated heterocycles. The van der Waals surface area contributed by atoms with E-state index in [1.807, 2.05) is 6.07 Å². The summed E-state index contributed by atoms with van der Waals surface area (Å²) in [6.45, 7) is -0.144. The molecule has 1 aromatic carbocycles. The number of alkyl halides is 3. The Balaban J connectivity index is 2.38. The van der Waals surface area contributed by atoms with Gasteiger partial charge in [0.15, 0.2) is 0 Å². The molecule has 0 radical (unpaired) electrons. The Morgan fingerprint density at radius 1 is 1.38 bits per heavy atom. The van der Waals surface area contributed by atoms with Gasteiger partial charge in [0, 0.05) is 6.54 Å². The number of sulfonamides is 1. The van der Waals surface area contributed by atoms with Crippen molar-refractivity contribution in [2.75, 3.05) is 6.54 Å². The normalized spacial score (nSPS) is 20.4. The molecule has 1 aliphatic heterocycles. The van der Waals surface area contributed by atoms with E-state index in [1.165, 1.54) is 18.2 Å². The third-order valence-electron chi connectivity index (χ3n) is 3.37. The summed E-state index contributed by atoms with van der Waals surface area (Å²) in [7, 11) is -4.21. The summed E-state index contributed by atoms with van der Waals surface area (Å²) in [5, 5.41) is 8.62. The van der Waals surface area contributed by atoms with E-state index in [4.69, 9.17) is 5.26 Å². The number of nitrogens with zero attached hydrogens (tertiary/aromatic N) is 2.